The van der Waals surface area contributed by atoms with Gasteiger partial charge in [-0.2, -0.15) is 0 Å². The van der Waals surface area contributed by atoms with Crippen molar-refractivity contribution in [2.24, 2.45) is 22.2 Å². The Morgan fingerprint density at radius 3 is 2.57 bits per heavy atom. The Labute approximate surface area is 126 Å². The lowest BCUT2D eigenvalue weighted by atomic mass is 9.80. The van der Waals surface area contributed by atoms with Gasteiger partial charge in [-0.05, 0) is 29.9 Å². The van der Waals surface area contributed by atoms with Crippen LogP contribution >= 0.6 is 0 Å². The quantitative estimate of drug-likeness (QED) is 0.345. The zero-order chi connectivity index (χ0) is 16.2. The summed E-state index contributed by atoms with van der Waals surface area (Å²) in [6, 6.07) is 5.42. The molecular formula is C16H25N3O2. The van der Waals surface area contributed by atoms with Crippen LogP contribution in [0.3, 0.4) is 0 Å². The Kier molecular flexibility index (Phi) is 5.35. The number of carbonyl (C=O) groups is 1. The molecule has 116 valence electrons. The van der Waals surface area contributed by atoms with Crippen LogP contribution in [0.2, 0.25) is 0 Å². The molecule has 0 aliphatic heterocycles. The van der Waals surface area contributed by atoms with Crippen molar-refractivity contribution in [3.05, 3.63) is 29.3 Å². The molecule has 1 atom stereocenters. The number of carbonyl (C=O) groups excluding carboxylic acids is 1. The third-order valence-corrected chi connectivity index (χ3v) is 3.88. The van der Waals surface area contributed by atoms with E-state index in [1.807, 2.05) is 19.1 Å². The highest BCUT2D eigenvalue weighted by molar-refractivity contribution is 6.06. The number of aryl methyl sites for hydroxylation is 1. The maximum Gasteiger partial charge on any atom is 0.224 e. The third kappa shape index (κ3) is 4.48. The second-order valence-corrected chi connectivity index (χ2v) is 6.50. The molecule has 0 fully saturated rings. The third-order valence-electron chi connectivity index (χ3n) is 3.88. The lowest BCUT2D eigenvalue weighted by Gasteiger charge is -2.26. The predicted molar refractivity (Wildman–Crippen MR) is 85.6 cm³/mol. The summed E-state index contributed by atoms with van der Waals surface area (Å²) in [4.78, 5) is 12.2. The van der Waals surface area contributed by atoms with Crippen LogP contribution in [-0.4, -0.2) is 17.0 Å². The van der Waals surface area contributed by atoms with Crippen molar-refractivity contribution in [1.82, 2.24) is 0 Å². The van der Waals surface area contributed by atoms with Gasteiger partial charge in [0.05, 0.1) is 5.69 Å². The topological polar surface area (TPSA) is 87.7 Å². The molecule has 1 amide bonds. The van der Waals surface area contributed by atoms with Crippen molar-refractivity contribution in [1.29, 1.82) is 0 Å². The first-order chi connectivity index (χ1) is 9.66. The van der Waals surface area contributed by atoms with E-state index in [2.05, 4.69) is 38.2 Å². The highest BCUT2D eigenvalue weighted by Crippen LogP contribution is 2.28. The zero-order valence-corrected chi connectivity index (χ0v) is 13.4. The van der Waals surface area contributed by atoms with E-state index < -0.39 is 0 Å². The first-order valence-corrected chi connectivity index (χ1v) is 7.04. The summed E-state index contributed by atoms with van der Waals surface area (Å²) < 4.78 is 0. The average Bonchev–Trinajstić information content (AvgIpc) is 2.36. The number of nitrogens with one attached hydrogen (secondary N) is 1. The number of hydrogen-bond acceptors (Lipinski definition) is 3. The molecule has 0 radical (unpaired) electrons. The Bertz CT molecular complexity index is 545. The van der Waals surface area contributed by atoms with E-state index >= 15 is 0 Å². The highest BCUT2D eigenvalue weighted by Gasteiger charge is 2.23. The minimum absolute atomic E-state index is 0.00716. The van der Waals surface area contributed by atoms with E-state index in [1.165, 1.54) is 0 Å². The summed E-state index contributed by atoms with van der Waals surface area (Å²) >= 11 is 0. The van der Waals surface area contributed by atoms with Crippen LogP contribution in [0.15, 0.2) is 23.4 Å². The molecule has 0 saturated heterocycles. The fourth-order valence-electron chi connectivity index (χ4n) is 1.95. The lowest BCUT2D eigenvalue weighted by molar-refractivity contribution is -0.117. The van der Waals surface area contributed by atoms with Gasteiger partial charge in [0.1, 0.15) is 0 Å². The average molecular weight is 291 g/mol. The van der Waals surface area contributed by atoms with Crippen LogP contribution < -0.4 is 11.1 Å². The number of anilines is 1. The second kappa shape index (κ2) is 6.61. The second-order valence-electron chi connectivity index (χ2n) is 6.50. The van der Waals surface area contributed by atoms with E-state index in [1.54, 1.807) is 6.07 Å². The van der Waals surface area contributed by atoms with Crippen molar-refractivity contribution in [2.45, 2.75) is 41.0 Å². The molecule has 1 aromatic rings. The molecule has 0 aliphatic rings. The molecule has 0 saturated carbocycles. The van der Waals surface area contributed by atoms with Crippen LogP contribution in [0.4, 0.5) is 5.69 Å². The van der Waals surface area contributed by atoms with Gasteiger partial charge in [0.25, 0.3) is 0 Å². The molecule has 4 N–H and O–H groups in total. The van der Waals surface area contributed by atoms with Crippen molar-refractivity contribution in [3.63, 3.8) is 0 Å². The molecule has 5 nitrogen and oxygen atoms in total. The summed E-state index contributed by atoms with van der Waals surface area (Å²) in [6.45, 7) is 10.2. The van der Waals surface area contributed by atoms with E-state index in [0.29, 0.717) is 17.7 Å². The van der Waals surface area contributed by atoms with E-state index in [0.717, 1.165) is 5.56 Å². The Hall–Kier alpha value is -2.04. The van der Waals surface area contributed by atoms with Gasteiger partial charge >= 0.3 is 0 Å². The number of amides is 1. The van der Waals surface area contributed by atoms with Crippen molar-refractivity contribution in [3.8, 4) is 0 Å². The number of oxime groups is 1. The summed E-state index contributed by atoms with van der Waals surface area (Å²) in [6.07, 6.45) is 0.424. The van der Waals surface area contributed by atoms with Gasteiger partial charge in [-0.1, -0.05) is 45.0 Å². The van der Waals surface area contributed by atoms with Gasteiger partial charge in [-0.25, -0.2) is 0 Å². The summed E-state index contributed by atoms with van der Waals surface area (Å²) in [5, 5.41) is 14.8. The van der Waals surface area contributed by atoms with Crippen LogP contribution in [0, 0.1) is 18.3 Å². The minimum atomic E-state index is -0.0741. The molecule has 0 spiro atoms. The maximum absolute atomic E-state index is 12.2. The number of hydrogen-bond donors (Lipinski definition) is 3. The standard InChI is InChI=1S/C16H25N3O2/c1-10-7-6-8-12(14(10)15(17)19-21)18-13(20)9-11(2)16(3,4)5/h6-8,11,21H,9H2,1-5H3,(H2,17,19)(H,18,20). The molecule has 0 bridgehead atoms. The number of nitrogens with two attached hydrogens (primary N) is 1. The van der Waals surface area contributed by atoms with Crippen LogP contribution in [0.1, 0.15) is 45.2 Å². The van der Waals surface area contributed by atoms with E-state index in [9.17, 15) is 4.79 Å². The van der Waals surface area contributed by atoms with Crippen LogP contribution in [0.5, 0.6) is 0 Å². The molecule has 5 heteroatoms. The van der Waals surface area contributed by atoms with Crippen molar-refractivity contribution < 1.29 is 10.0 Å². The lowest BCUT2D eigenvalue weighted by Crippen LogP contribution is -2.25. The first-order valence-electron chi connectivity index (χ1n) is 7.04. The molecular weight excluding hydrogens is 266 g/mol. The number of rotatable bonds is 4. The first kappa shape index (κ1) is 17.0. The number of benzene rings is 1. The number of nitrogens with zero attached hydrogens (tertiary/aromatic N) is 1. The Morgan fingerprint density at radius 1 is 1.43 bits per heavy atom. The Morgan fingerprint density at radius 2 is 2.05 bits per heavy atom. The fraction of sp³-hybridized carbons (Fsp3) is 0.500. The van der Waals surface area contributed by atoms with Crippen molar-refractivity contribution >= 4 is 17.4 Å². The van der Waals surface area contributed by atoms with Crippen LogP contribution in [-0.2, 0) is 4.79 Å². The van der Waals surface area contributed by atoms with Gasteiger partial charge in [0.15, 0.2) is 5.84 Å². The van der Waals surface area contributed by atoms with Gasteiger partial charge in [0.2, 0.25) is 5.91 Å². The fourth-order valence-corrected chi connectivity index (χ4v) is 1.95. The molecule has 1 aromatic carbocycles. The molecule has 0 aromatic heterocycles. The smallest absolute Gasteiger partial charge is 0.224 e. The Balaban J connectivity index is 2.94. The molecule has 1 unspecified atom stereocenters. The normalized spacial score (nSPS) is 13.9. The maximum atomic E-state index is 12.2. The van der Waals surface area contributed by atoms with Crippen molar-refractivity contribution in [2.75, 3.05) is 5.32 Å². The monoisotopic (exact) mass is 291 g/mol. The van der Waals surface area contributed by atoms with E-state index in [-0.39, 0.29) is 23.1 Å². The summed E-state index contributed by atoms with van der Waals surface area (Å²) in [7, 11) is 0. The summed E-state index contributed by atoms with van der Waals surface area (Å²) in [5.41, 5.74) is 7.72. The van der Waals surface area contributed by atoms with Crippen LogP contribution in [0.25, 0.3) is 0 Å². The predicted octanol–water partition coefficient (Wildman–Crippen LogP) is 3.10. The SMILES string of the molecule is Cc1cccc(NC(=O)CC(C)C(C)(C)C)c1/C(N)=N/O. The molecule has 0 aliphatic carbocycles. The molecule has 21 heavy (non-hydrogen) atoms. The molecule has 0 heterocycles. The van der Waals surface area contributed by atoms with Gasteiger partial charge in [0, 0.05) is 12.0 Å². The number of amidine groups is 1. The summed E-state index contributed by atoms with van der Waals surface area (Å²) in [5.74, 6) is 0.164. The molecule has 1 rings (SSSR count). The zero-order valence-electron chi connectivity index (χ0n) is 13.4. The van der Waals surface area contributed by atoms with Gasteiger partial charge < -0.3 is 16.3 Å². The van der Waals surface area contributed by atoms with Gasteiger partial charge in [-0.15, -0.1) is 0 Å². The van der Waals surface area contributed by atoms with Gasteiger partial charge in [-0.3, -0.25) is 4.79 Å². The largest absolute Gasteiger partial charge is 0.409 e. The minimum Gasteiger partial charge on any atom is -0.409 e. The highest BCUT2D eigenvalue weighted by atomic mass is 16.4. The van der Waals surface area contributed by atoms with E-state index in [4.69, 9.17) is 10.9 Å².